The highest BCUT2D eigenvalue weighted by Crippen LogP contribution is 2.27. The number of imide groups is 1. The monoisotopic (exact) mass is 331 g/mol. The lowest BCUT2D eigenvalue weighted by atomic mass is 10.1. The van der Waals surface area contributed by atoms with Gasteiger partial charge in [0.25, 0.3) is 5.91 Å². The molecule has 0 saturated carbocycles. The molecule has 0 unspecified atom stereocenters. The molecular formula is C16H17N3O5. The number of hydrogen-bond acceptors (Lipinski definition) is 6. The van der Waals surface area contributed by atoms with Crippen molar-refractivity contribution in [2.75, 3.05) is 26.6 Å². The molecule has 2 N–H and O–H groups in total. The molecule has 126 valence electrons. The van der Waals surface area contributed by atoms with Crippen molar-refractivity contribution >= 4 is 17.6 Å². The zero-order valence-electron chi connectivity index (χ0n) is 13.5. The molecule has 8 nitrogen and oxygen atoms in total. The number of rotatable bonds is 5. The van der Waals surface area contributed by atoms with Crippen molar-refractivity contribution in [2.24, 2.45) is 0 Å². The van der Waals surface area contributed by atoms with Crippen LogP contribution in [0, 0.1) is 0 Å². The van der Waals surface area contributed by atoms with E-state index in [1.54, 1.807) is 30.3 Å². The van der Waals surface area contributed by atoms with Gasteiger partial charge in [0.2, 0.25) is 5.88 Å². The minimum absolute atomic E-state index is 0.130. The number of hydrogen-bond donors (Lipinski definition) is 2. The van der Waals surface area contributed by atoms with Gasteiger partial charge in [0, 0.05) is 6.07 Å². The summed E-state index contributed by atoms with van der Waals surface area (Å²) in [6.45, 7) is 0. The van der Waals surface area contributed by atoms with E-state index in [1.165, 1.54) is 27.5 Å². The Balaban J connectivity index is 2.10. The number of methoxy groups -OCH3 is 3. The van der Waals surface area contributed by atoms with Crippen molar-refractivity contribution in [3.8, 4) is 17.4 Å². The first-order valence-electron chi connectivity index (χ1n) is 6.92. The summed E-state index contributed by atoms with van der Waals surface area (Å²) in [5.41, 5.74) is 0.540. The Hall–Kier alpha value is -3.29. The van der Waals surface area contributed by atoms with Crippen LogP contribution in [0.3, 0.4) is 0 Å². The molecule has 0 aliphatic rings. The van der Waals surface area contributed by atoms with Crippen LogP contribution < -0.4 is 24.8 Å². The molecule has 2 rings (SSSR count). The van der Waals surface area contributed by atoms with E-state index in [1.807, 2.05) is 0 Å². The van der Waals surface area contributed by atoms with E-state index < -0.39 is 11.9 Å². The number of nitrogens with zero attached hydrogens (tertiary/aromatic N) is 1. The van der Waals surface area contributed by atoms with Crippen LogP contribution >= 0.6 is 0 Å². The zero-order valence-corrected chi connectivity index (χ0v) is 13.5. The summed E-state index contributed by atoms with van der Waals surface area (Å²) in [5.74, 6) is 0.357. The number of aromatic nitrogens is 1. The largest absolute Gasteiger partial charge is 0.496 e. The predicted molar refractivity (Wildman–Crippen MR) is 86.8 cm³/mol. The molecule has 8 heteroatoms. The van der Waals surface area contributed by atoms with E-state index >= 15 is 0 Å². The molecule has 0 aliphatic heterocycles. The molecule has 0 fully saturated rings. The minimum Gasteiger partial charge on any atom is -0.496 e. The lowest BCUT2D eigenvalue weighted by Gasteiger charge is -2.12. The fourth-order valence-corrected chi connectivity index (χ4v) is 1.98. The van der Waals surface area contributed by atoms with E-state index in [4.69, 9.17) is 14.2 Å². The van der Waals surface area contributed by atoms with E-state index in [-0.39, 0.29) is 5.56 Å². The molecule has 24 heavy (non-hydrogen) atoms. The summed E-state index contributed by atoms with van der Waals surface area (Å²) in [6, 6.07) is 7.35. The molecular weight excluding hydrogens is 314 g/mol. The maximum Gasteiger partial charge on any atom is 0.326 e. The highest BCUT2D eigenvalue weighted by Gasteiger charge is 2.20. The first-order chi connectivity index (χ1) is 11.6. The van der Waals surface area contributed by atoms with Crippen LogP contribution in [-0.4, -0.2) is 38.3 Å². The van der Waals surface area contributed by atoms with Crippen LogP contribution in [0.1, 0.15) is 10.4 Å². The van der Waals surface area contributed by atoms with Crippen molar-refractivity contribution in [3.63, 3.8) is 0 Å². The number of anilines is 1. The van der Waals surface area contributed by atoms with Crippen LogP contribution in [-0.2, 0) is 0 Å². The molecule has 0 spiro atoms. The van der Waals surface area contributed by atoms with E-state index in [0.717, 1.165) is 0 Å². The highest BCUT2D eigenvalue weighted by molar-refractivity contribution is 6.10. The molecule has 3 amide bonds. The van der Waals surface area contributed by atoms with Crippen LogP contribution in [0.15, 0.2) is 36.5 Å². The number of carbonyl (C=O) groups is 2. The number of amides is 3. The van der Waals surface area contributed by atoms with Gasteiger partial charge in [-0.3, -0.25) is 10.1 Å². The Morgan fingerprint density at radius 2 is 1.62 bits per heavy atom. The molecule has 0 atom stereocenters. The molecule has 0 aliphatic carbocycles. The zero-order chi connectivity index (χ0) is 17.5. The number of benzene rings is 1. The standard InChI is InChI=1S/C16H17N3O5/c1-22-11-5-4-6-12(23-2)14(11)15(20)19-16(21)18-10-7-8-13(24-3)17-9-10/h4-9H,1-3H3,(H2,18,19,20,21). The fourth-order valence-electron chi connectivity index (χ4n) is 1.98. The quantitative estimate of drug-likeness (QED) is 0.870. The summed E-state index contributed by atoms with van der Waals surface area (Å²) < 4.78 is 15.2. The maximum absolute atomic E-state index is 12.3. The predicted octanol–water partition coefficient (Wildman–Crippen LogP) is 2.07. The van der Waals surface area contributed by atoms with E-state index in [2.05, 4.69) is 15.6 Å². The SMILES string of the molecule is COc1ccc(NC(=O)NC(=O)c2c(OC)cccc2OC)cn1. The van der Waals surface area contributed by atoms with Gasteiger partial charge in [-0.05, 0) is 18.2 Å². The van der Waals surface area contributed by atoms with Gasteiger partial charge >= 0.3 is 6.03 Å². The molecule has 0 radical (unpaired) electrons. The van der Waals surface area contributed by atoms with Crippen molar-refractivity contribution < 1.29 is 23.8 Å². The van der Waals surface area contributed by atoms with Crippen molar-refractivity contribution in [1.82, 2.24) is 10.3 Å². The smallest absolute Gasteiger partial charge is 0.326 e. The summed E-state index contributed by atoms with van der Waals surface area (Å²) in [4.78, 5) is 28.3. The van der Waals surface area contributed by atoms with Crippen molar-refractivity contribution in [3.05, 3.63) is 42.1 Å². The topological polar surface area (TPSA) is 98.8 Å². The fraction of sp³-hybridized carbons (Fsp3) is 0.188. The summed E-state index contributed by atoms with van der Waals surface area (Å²) in [7, 11) is 4.34. The van der Waals surface area contributed by atoms with Gasteiger partial charge in [0.1, 0.15) is 17.1 Å². The number of carbonyl (C=O) groups excluding carboxylic acids is 2. The molecule has 1 aromatic carbocycles. The van der Waals surface area contributed by atoms with Crippen LogP contribution in [0.4, 0.5) is 10.5 Å². The Bertz CT molecular complexity index is 709. The van der Waals surface area contributed by atoms with Crippen molar-refractivity contribution in [2.45, 2.75) is 0 Å². The van der Waals surface area contributed by atoms with Gasteiger partial charge in [-0.1, -0.05) is 6.07 Å². The molecule has 1 aromatic heterocycles. The Labute approximate surface area is 138 Å². The van der Waals surface area contributed by atoms with Crippen molar-refractivity contribution in [1.29, 1.82) is 0 Å². The minimum atomic E-state index is -0.708. The van der Waals surface area contributed by atoms with Gasteiger partial charge in [0.15, 0.2) is 0 Å². The van der Waals surface area contributed by atoms with Gasteiger partial charge in [-0.15, -0.1) is 0 Å². The van der Waals surface area contributed by atoms with Crippen LogP contribution in [0.2, 0.25) is 0 Å². The molecule has 0 saturated heterocycles. The number of ether oxygens (including phenoxy) is 3. The van der Waals surface area contributed by atoms with Gasteiger partial charge in [0.05, 0.1) is 33.2 Å². The second-order valence-electron chi connectivity index (χ2n) is 4.54. The van der Waals surface area contributed by atoms with E-state index in [0.29, 0.717) is 23.1 Å². The highest BCUT2D eigenvalue weighted by atomic mass is 16.5. The summed E-state index contributed by atoms with van der Waals surface area (Å²) in [6.07, 6.45) is 1.41. The van der Waals surface area contributed by atoms with E-state index in [9.17, 15) is 9.59 Å². The third kappa shape index (κ3) is 3.92. The van der Waals surface area contributed by atoms with Gasteiger partial charge < -0.3 is 19.5 Å². The maximum atomic E-state index is 12.3. The third-order valence-corrected chi connectivity index (χ3v) is 3.09. The Morgan fingerprint density at radius 1 is 0.958 bits per heavy atom. The summed E-state index contributed by atoms with van der Waals surface area (Å²) >= 11 is 0. The van der Waals surface area contributed by atoms with Gasteiger partial charge in [-0.25, -0.2) is 9.78 Å². The number of urea groups is 1. The molecule has 2 aromatic rings. The number of nitrogens with one attached hydrogen (secondary N) is 2. The lowest BCUT2D eigenvalue weighted by Crippen LogP contribution is -2.34. The second-order valence-corrected chi connectivity index (χ2v) is 4.54. The molecule has 1 heterocycles. The van der Waals surface area contributed by atoms with Gasteiger partial charge in [-0.2, -0.15) is 0 Å². The Kier molecular flexibility index (Phi) is 5.56. The Morgan fingerprint density at radius 3 is 2.12 bits per heavy atom. The lowest BCUT2D eigenvalue weighted by molar-refractivity contribution is 0.0961. The number of pyridine rings is 1. The first-order valence-corrected chi connectivity index (χ1v) is 6.92. The normalized spacial score (nSPS) is 9.79. The first kappa shape index (κ1) is 17.1. The van der Waals surface area contributed by atoms with Crippen LogP contribution in [0.5, 0.6) is 17.4 Å². The molecule has 0 bridgehead atoms. The summed E-state index contributed by atoms with van der Waals surface area (Å²) in [5, 5.41) is 4.71. The van der Waals surface area contributed by atoms with Crippen LogP contribution in [0.25, 0.3) is 0 Å². The third-order valence-electron chi connectivity index (χ3n) is 3.09. The average Bonchev–Trinajstić information content (AvgIpc) is 2.61. The average molecular weight is 331 g/mol. The second kappa shape index (κ2) is 7.82.